The minimum atomic E-state index is -0.199. The smallest absolute Gasteiger partial charge is 0.150 e. The van der Waals surface area contributed by atoms with Gasteiger partial charge in [-0.15, -0.1) is 10.2 Å². The highest BCUT2D eigenvalue weighted by Gasteiger charge is 2.14. The summed E-state index contributed by atoms with van der Waals surface area (Å²) in [6.45, 7) is 1.32. The lowest BCUT2D eigenvalue weighted by molar-refractivity contribution is 0.185. The van der Waals surface area contributed by atoms with E-state index in [0.29, 0.717) is 19.6 Å². The number of imidazole rings is 1. The Bertz CT molecular complexity index is 437. The van der Waals surface area contributed by atoms with E-state index in [1.165, 1.54) is 0 Å². The molecule has 0 saturated heterocycles. The number of methoxy groups -OCH3 is 1. The van der Waals surface area contributed by atoms with Crippen molar-refractivity contribution in [3.8, 4) is 0 Å². The summed E-state index contributed by atoms with van der Waals surface area (Å²) >= 11 is 0. The Balaban J connectivity index is 2.03. The second-order valence-electron chi connectivity index (χ2n) is 3.76. The second-order valence-corrected chi connectivity index (χ2v) is 3.76. The number of nitrogens with zero attached hydrogens (tertiary/aromatic N) is 4. The van der Waals surface area contributed by atoms with Gasteiger partial charge in [-0.1, -0.05) is 0 Å². The Morgan fingerprint density at radius 3 is 3.18 bits per heavy atom. The van der Waals surface area contributed by atoms with Crippen molar-refractivity contribution >= 4 is 0 Å². The number of ether oxygens (including phenoxy) is 1. The van der Waals surface area contributed by atoms with Gasteiger partial charge in [-0.05, 0) is 0 Å². The zero-order valence-corrected chi connectivity index (χ0v) is 9.71. The van der Waals surface area contributed by atoms with Gasteiger partial charge in [0.2, 0.25) is 0 Å². The third-order valence-corrected chi connectivity index (χ3v) is 2.51. The van der Waals surface area contributed by atoms with E-state index in [4.69, 9.17) is 10.5 Å². The first-order valence-electron chi connectivity index (χ1n) is 5.40. The maximum absolute atomic E-state index is 6.09. The molecule has 0 aliphatic rings. The van der Waals surface area contributed by atoms with Crippen LogP contribution in [0.25, 0.3) is 0 Å². The van der Waals surface area contributed by atoms with Gasteiger partial charge in [0, 0.05) is 32.0 Å². The maximum atomic E-state index is 6.09. The SMILES string of the molecule is COCCn1cnnc1C(N)Cc1cnc[nH]1. The molecule has 0 saturated carbocycles. The zero-order chi connectivity index (χ0) is 12.1. The lowest BCUT2D eigenvalue weighted by Gasteiger charge is -2.11. The van der Waals surface area contributed by atoms with Crippen LogP contribution in [-0.2, 0) is 17.7 Å². The van der Waals surface area contributed by atoms with Gasteiger partial charge in [0.1, 0.15) is 12.2 Å². The molecule has 0 aromatic carbocycles. The summed E-state index contributed by atoms with van der Waals surface area (Å²) in [7, 11) is 1.66. The van der Waals surface area contributed by atoms with E-state index < -0.39 is 0 Å². The molecule has 0 aliphatic heterocycles. The van der Waals surface area contributed by atoms with Crippen LogP contribution >= 0.6 is 0 Å². The third-order valence-electron chi connectivity index (χ3n) is 2.51. The molecule has 2 rings (SSSR count). The Morgan fingerprint density at radius 2 is 2.47 bits per heavy atom. The van der Waals surface area contributed by atoms with Crippen LogP contribution in [0.1, 0.15) is 17.6 Å². The third kappa shape index (κ3) is 2.89. The molecule has 0 aliphatic carbocycles. The fourth-order valence-corrected chi connectivity index (χ4v) is 1.64. The molecule has 1 unspecified atom stereocenters. The van der Waals surface area contributed by atoms with Gasteiger partial charge < -0.3 is 20.0 Å². The average molecular weight is 236 g/mol. The van der Waals surface area contributed by atoms with Crippen molar-refractivity contribution < 1.29 is 4.74 Å². The van der Waals surface area contributed by atoms with Gasteiger partial charge in [0.05, 0.1) is 19.0 Å². The standard InChI is InChI=1S/C10H16N6O/c1-17-3-2-16-7-14-15-10(16)9(11)4-8-5-12-6-13-8/h5-7,9H,2-4,11H2,1H3,(H,12,13). The number of hydrogen-bond acceptors (Lipinski definition) is 5. The van der Waals surface area contributed by atoms with Gasteiger partial charge in [-0.25, -0.2) is 4.98 Å². The lowest BCUT2D eigenvalue weighted by Crippen LogP contribution is -2.20. The van der Waals surface area contributed by atoms with Crippen molar-refractivity contribution in [2.45, 2.75) is 19.0 Å². The molecule has 3 N–H and O–H groups in total. The first-order valence-corrected chi connectivity index (χ1v) is 5.40. The molecule has 0 bridgehead atoms. The van der Waals surface area contributed by atoms with Crippen molar-refractivity contribution in [3.05, 3.63) is 30.4 Å². The highest BCUT2D eigenvalue weighted by atomic mass is 16.5. The molecular formula is C10H16N6O. The van der Waals surface area contributed by atoms with Crippen LogP contribution in [0.4, 0.5) is 0 Å². The van der Waals surface area contributed by atoms with Crippen LogP contribution in [0.15, 0.2) is 18.9 Å². The minimum absolute atomic E-state index is 0.199. The largest absolute Gasteiger partial charge is 0.383 e. The highest BCUT2D eigenvalue weighted by molar-refractivity contribution is 5.03. The molecule has 2 aromatic heterocycles. The van der Waals surface area contributed by atoms with E-state index >= 15 is 0 Å². The Labute approximate surface area is 99.0 Å². The van der Waals surface area contributed by atoms with Crippen molar-refractivity contribution in [3.63, 3.8) is 0 Å². The van der Waals surface area contributed by atoms with E-state index in [2.05, 4.69) is 20.2 Å². The van der Waals surface area contributed by atoms with Crippen LogP contribution in [-0.4, -0.2) is 38.4 Å². The molecule has 7 heteroatoms. The molecule has 92 valence electrons. The number of rotatable bonds is 6. The minimum Gasteiger partial charge on any atom is -0.383 e. The Hall–Kier alpha value is -1.73. The van der Waals surface area contributed by atoms with E-state index in [-0.39, 0.29) is 6.04 Å². The van der Waals surface area contributed by atoms with E-state index in [1.807, 2.05) is 4.57 Å². The van der Waals surface area contributed by atoms with Crippen LogP contribution in [0, 0.1) is 0 Å². The number of aromatic nitrogens is 5. The molecule has 7 nitrogen and oxygen atoms in total. The topological polar surface area (TPSA) is 94.6 Å². The van der Waals surface area contributed by atoms with Crippen molar-refractivity contribution in [1.29, 1.82) is 0 Å². The summed E-state index contributed by atoms with van der Waals surface area (Å²) in [5.41, 5.74) is 7.08. The lowest BCUT2D eigenvalue weighted by atomic mass is 10.1. The maximum Gasteiger partial charge on any atom is 0.150 e. The molecule has 2 aromatic rings. The van der Waals surface area contributed by atoms with Crippen molar-refractivity contribution in [2.75, 3.05) is 13.7 Å². The summed E-state index contributed by atoms with van der Waals surface area (Å²) in [4.78, 5) is 6.97. The van der Waals surface area contributed by atoms with Gasteiger partial charge >= 0.3 is 0 Å². The van der Waals surface area contributed by atoms with Gasteiger partial charge in [0.25, 0.3) is 0 Å². The van der Waals surface area contributed by atoms with Crippen molar-refractivity contribution in [2.24, 2.45) is 5.73 Å². The zero-order valence-electron chi connectivity index (χ0n) is 9.71. The molecule has 1 atom stereocenters. The summed E-state index contributed by atoms with van der Waals surface area (Å²) < 4.78 is 6.93. The molecular weight excluding hydrogens is 220 g/mol. The number of aromatic amines is 1. The number of hydrogen-bond donors (Lipinski definition) is 2. The van der Waals surface area contributed by atoms with Crippen LogP contribution in [0.3, 0.4) is 0 Å². The molecule has 0 amide bonds. The van der Waals surface area contributed by atoms with Gasteiger partial charge in [0.15, 0.2) is 0 Å². The predicted octanol–water partition coefficient (Wildman–Crippen LogP) is -0.110. The quantitative estimate of drug-likeness (QED) is 0.729. The van der Waals surface area contributed by atoms with Gasteiger partial charge in [-0.2, -0.15) is 0 Å². The second kappa shape index (κ2) is 5.55. The molecule has 0 spiro atoms. The molecule has 0 radical (unpaired) electrons. The van der Waals surface area contributed by atoms with Crippen LogP contribution in [0.2, 0.25) is 0 Å². The van der Waals surface area contributed by atoms with E-state index in [9.17, 15) is 0 Å². The van der Waals surface area contributed by atoms with Crippen LogP contribution in [0.5, 0.6) is 0 Å². The first-order chi connectivity index (χ1) is 8.31. The number of nitrogens with two attached hydrogens (primary N) is 1. The fraction of sp³-hybridized carbons (Fsp3) is 0.500. The Kier molecular flexibility index (Phi) is 3.84. The monoisotopic (exact) mass is 236 g/mol. The number of H-pyrrole nitrogens is 1. The Morgan fingerprint density at radius 1 is 1.59 bits per heavy atom. The fourth-order valence-electron chi connectivity index (χ4n) is 1.64. The number of nitrogens with one attached hydrogen (secondary N) is 1. The summed E-state index contributed by atoms with van der Waals surface area (Å²) in [6.07, 6.45) is 5.72. The van der Waals surface area contributed by atoms with E-state index in [1.54, 1.807) is 26.0 Å². The normalized spacial score (nSPS) is 12.8. The first kappa shape index (κ1) is 11.7. The molecule has 17 heavy (non-hydrogen) atoms. The molecule has 2 heterocycles. The molecule has 0 fully saturated rings. The summed E-state index contributed by atoms with van der Waals surface area (Å²) in [5, 5.41) is 7.92. The van der Waals surface area contributed by atoms with Gasteiger partial charge in [-0.3, -0.25) is 0 Å². The van der Waals surface area contributed by atoms with Crippen molar-refractivity contribution in [1.82, 2.24) is 24.7 Å². The summed E-state index contributed by atoms with van der Waals surface area (Å²) in [5.74, 6) is 0.761. The summed E-state index contributed by atoms with van der Waals surface area (Å²) in [6, 6.07) is -0.199. The van der Waals surface area contributed by atoms with Crippen LogP contribution < -0.4 is 5.73 Å². The predicted molar refractivity (Wildman–Crippen MR) is 61.1 cm³/mol. The van der Waals surface area contributed by atoms with E-state index in [0.717, 1.165) is 11.5 Å². The highest BCUT2D eigenvalue weighted by Crippen LogP contribution is 2.11. The average Bonchev–Trinajstić information content (AvgIpc) is 2.96.